The summed E-state index contributed by atoms with van der Waals surface area (Å²) < 4.78 is 59.4. The highest BCUT2D eigenvalue weighted by Crippen LogP contribution is 2.33. The second-order valence-corrected chi connectivity index (χ2v) is 2.32. The van der Waals surface area contributed by atoms with Gasteiger partial charge in [0.2, 0.25) is 5.56 Å². The summed E-state index contributed by atoms with van der Waals surface area (Å²) in [6, 6.07) is 0. The van der Waals surface area contributed by atoms with Crippen LogP contribution in [0.2, 0.25) is 0 Å². The van der Waals surface area contributed by atoms with E-state index in [-0.39, 0.29) is 0 Å². The second kappa shape index (κ2) is 3.28. The van der Waals surface area contributed by atoms with Gasteiger partial charge >= 0.3 is 11.7 Å². The third-order valence-corrected chi connectivity index (χ3v) is 1.17. The average Bonchev–Trinajstić information content (AvgIpc) is 1.56. The highest BCUT2D eigenvalue weighted by atomic mass is 35.5. The Labute approximate surface area is 68.0 Å². The zero-order valence-electron chi connectivity index (χ0n) is 4.63. The van der Waals surface area contributed by atoms with Crippen molar-refractivity contribution in [3.8, 4) is 0 Å². The van der Waals surface area contributed by atoms with Crippen molar-refractivity contribution in [1.82, 2.24) is 0 Å². The van der Waals surface area contributed by atoms with E-state index in [0.29, 0.717) is 0 Å². The number of alkyl halides is 7. The zero-order chi connectivity index (χ0) is 9.28. The Kier molecular flexibility index (Phi) is 3.34. The highest BCUT2D eigenvalue weighted by molar-refractivity contribution is 6.30. The van der Waals surface area contributed by atoms with Crippen molar-refractivity contribution in [1.29, 1.82) is 0 Å². The lowest BCUT2D eigenvalue weighted by molar-refractivity contribution is -0.343. The van der Waals surface area contributed by atoms with E-state index >= 15 is 0 Å². The van der Waals surface area contributed by atoms with E-state index in [0.717, 1.165) is 0 Å². The first kappa shape index (κ1) is 11.2. The number of hydrogen-bond donors (Lipinski definition) is 0. The number of rotatable bonds is 2. The molecule has 1 unspecified atom stereocenters. The van der Waals surface area contributed by atoms with Gasteiger partial charge in [0.15, 0.2) is 0 Å². The fourth-order valence-electron chi connectivity index (χ4n) is 0.184. The van der Waals surface area contributed by atoms with Crippen LogP contribution in [0, 0.1) is 0 Å². The minimum atomic E-state index is -5.22. The topological polar surface area (TPSA) is 9.23 Å². The van der Waals surface area contributed by atoms with Crippen LogP contribution in [0.1, 0.15) is 0 Å². The average molecular weight is 219 g/mol. The predicted molar refractivity (Wildman–Crippen MR) is 27.6 cm³/mol. The zero-order valence-corrected chi connectivity index (χ0v) is 6.14. The van der Waals surface area contributed by atoms with Crippen molar-refractivity contribution in [3.63, 3.8) is 0 Å². The van der Waals surface area contributed by atoms with Crippen LogP contribution >= 0.6 is 23.2 Å². The van der Waals surface area contributed by atoms with Crippen molar-refractivity contribution in [2.24, 2.45) is 0 Å². The van der Waals surface area contributed by atoms with Gasteiger partial charge in [-0.05, 0) is 11.6 Å². The maximum absolute atomic E-state index is 11.7. The Morgan fingerprint density at radius 1 is 1.09 bits per heavy atom. The van der Waals surface area contributed by atoms with Gasteiger partial charge in [-0.25, -0.2) is 0 Å². The largest absolute Gasteiger partial charge is 0.524 e. The molecule has 0 aliphatic rings. The molecule has 0 aliphatic heterocycles. The van der Waals surface area contributed by atoms with Gasteiger partial charge in [-0.3, -0.25) is 4.74 Å². The molecule has 0 rings (SSSR count). The summed E-state index contributed by atoms with van der Waals surface area (Å²) >= 11 is 8.52. The summed E-state index contributed by atoms with van der Waals surface area (Å²) in [7, 11) is 0. The molecular formula is C3HCl2F5O. The molecule has 68 valence electrons. The molecule has 0 aromatic carbocycles. The van der Waals surface area contributed by atoms with Crippen molar-refractivity contribution >= 4 is 23.2 Å². The molecule has 0 amide bonds. The van der Waals surface area contributed by atoms with Gasteiger partial charge in [0.25, 0.3) is 0 Å². The standard InChI is InChI=1S/C3HCl2F5O/c4-1(2(5,6)7)11-3(8,9)10/h1H. The Morgan fingerprint density at radius 3 is 1.55 bits per heavy atom. The summed E-state index contributed by atoms with van der Waals surface area (Å²) in [5.74, 6) is 0. The number of ether oxygens (including phenoxy) is 1. The van der Waals surface area contributed by atoms with Gasteiger partial charge in [0.05, 0.1) is 0 Å². The molecule has 1 atom stereocenters. The van der Waals surface area contributed by atoms with Crippen LogP contribution in [0.25, 0.3) is 0 Å². The van der Waals surface area contributed by atoms with Crippen LogP contribution < -0.4 is 0 Å². The smallest absolute Gasteiger partial charge is 0.264 e. The molecule has 0 fully saturated rings. The van der Waals surface area contributed by atoms with Gasteiger partial charge in [-0.2, -0.15) is 8.78 Å². The Bertz CT molecular complexity index is 129. The van der Waals surface area contributed by atoms with Gasteiger partial charge in [-0.15, -0.1) is 13.2 Å². The lowest BCUT2D eigenvalue weighted by Gasteiger charge is -2.16. The van der Waals surface area contributed by atoms with Crippen LogP contribution in [0.15, 0.2) is 0 Å². The van der Waals surface area contributed by atoms with Crippen LogP contribution in [-0.4, -0.2) is 17.3 Å². The number of halogens is 7. The molecule has 1 nitrogen and oxygen atoms in total. The van der Waals surface area contributed by atoms with Crippen molar-refractivity contribution in [2.45, 2.75) is 17.3 Å². The van der Waals surface area contributed by atoms with Gasteiger partial charge in [0.1, 0.15) is 0 Å². The molecule has 0 bridgehead atoms. The van der Waals surface area contributed by atoms with E-state index in [1.54, 1.807) is 0 Å². The van der Waals surface area contributed by atoms with E-state index < -0.39 is 17.3 Å². The third-order valence-electron chi connectivity index (χ3n) is 0.494. The quantitative estimate of drug-likeness (QED) is 0.512. The fraction of sp³-hybridized carbons (Fsp3) is 1.00. The molecule has 0 aromatic heterocycles. The van der Waals surface area contributed by atoms with E-state index in [9.17, 15) is 22.0 Å². The van der Waals surface area contributed by atoms with Crippen molar-refractivity contribution in [2.75, 3.05) is 0 Å². The van der Waals surface area contributed by atoms with Crippen molar-refractivity contribution in [3.05, 3.63) is 0 Å². The van der Waals surface area contributed by atoms with E-state index in [1.165, 1.54) is 0 Å². The van der Waals surface area contributed by atoms with Gasteiger partial charge in [0, 0.05) is 0 Å². The molecule has 0 spiro atoms. The maximum atomic E-state index is 11.7. The predicted octanol–water partition coefficient (Wildman–Crippen LogP) is 2.92. The minimum absolute atomic E-state index is 2.69. The molecule has 0 N–H and O–H groups in total. The third kappa shape index (κ3) is 5.46. The molecule has 0 aliphatic carbocycles. The normalized spacial score (nSPS) is 16.6. The first-order valence-electron chi connectivity index (χ1n) is 2.08. The summed E-state index contributed by atoms with van der Waals surface area (Å²) in [6.07, 6.45) is -5.22. The molecule has 0 saturated heterocycles. The fourth-order valence-corrected chi connectivity index (χ4v) is 0.330. The van der Waals surface area contributed by atoms with Crippen LogP contribution in [-0.2, 0) is 4.74 Å². The molecule has 0 saturated carbocycles. The summed E-state index contributed by atoms with van der Waals surface area (Å²) in [4.78, 5) is 0. The van der Waals surface area contributed by atoms with Crippen molar-refractivity contribution < 1.29 is 26.7 Å². The molecule has 0 heterocycles. The SMILES string of the molecule is FC(F)(F)OC(Cl)C(F)(F)Cl. The van der Waals surface area contributed by atoms with Gasteiger partial charge in [-0.1, -0.05) is 11.6 Å². The highest BCUT2D eigenvalue weighted by Gasteiger charge is 2.44. The minimum Gasteiger partial charge on any atom is -0.264 e. The first-order valence-corrected chi connectivity index (χ1v) is 2.90. The number of hydrogen-bond acceptors (Lipinski definition) is 1. The second-order valence-electron chi connectivity index (χ2n) is 1.42. The molecule has 11 heavy (non-hydrogen) atoms. The van der Waals surface area contributed by atoms with Gasteiger partial charge < -0.3 is 0 Å². The Balaban J connectivity index is 3.99. The summed E-state index contributed by atoms with van der Waals surface area (Å²) in [6.45, 7) is 0. The summed E-state index contributed by atoms with van der Waals surface area (Å²) in [5.41, 5.74) is -2.91. The van der Waals surface area contributed by atoms with E-state index in [1.807, 2.05) is 0 Å². The molecular weight excluding hydrogens is 218 g/mol. The van der Waals surface area contributed by atoms with Crippen LogP contribution in [0.4, 0.5) is 22.0 Å². The molecule has 8 heteroatoms. The lowest BCUT2D eigenvalue weighted by Crippen LogP contribution is -2.31. The molecule has 0 aromatic rings. The van der Waals surface area contributed by atoms with E-state index in [2.05, 4.69) is 27.9 Å². The summed E-state index contributed by atoms with van der Waals surface area (Å²) in [5, 5.41) is -4.24. The lowest BCUT2D eigenvalue weighted by atomic mass is 10.7. The van der Waals surface area contributed by atoms with E-state index in [4.69, 9.17) is 0 Å². The van der Waals surface area contributed by atoms with Crippen LogP contribution in [0.3, 0.4) is 0 Å². The Hall–Kier alpha value is 0.190. The monoisotopic (exact) mass is 218 g/mol. The maximum Gasteiger partial charge on any atom is 0.524 e. The van der Waals surface area contributed by atoms with Crippen LogP contribution in [0.5, 0.6) is 0 Å². The molecule has 0 radical (unpaired) electrons. The Morgan fingerprint density at radius 2 is 1.45 bits per heavy atom. The first-order chi connectivity index (χ1) is 4.63.